The zero-order chi connectivity index (χ0) is 7.84. The summed E-state index contributed by atoms with van der Waals surface area (Å²) in [6.07, 6.45) is 3.07. The SMILES string of the molecule is CC(C)N1C[C@@H]2C[C@H]1CCO2. The number of nitrogens with zero attached hydrogens (tertiary/aromatic N) is 1. The molecule has 2 atom stereocenters. The van der Waals surface area contributed by atoms with Crippen molar-refractivity contribution >= 4 is 0 Å². The molecular weight excluding hydrogens is 138 g/mol. The second kappa shape index (κ2) is 2.76. The van der Waals surface area contributed by atoms with E-state index in [0.29, 0.717) is 12.1 Å². The van der Waals surface area contributed by atoms with Crippen molar-refractivity contribution < 1.29 is 4.74 Å². The highest BCUT2D eigenvalue weighted by Gasteiger charge is 2.36. The highest BCUT2D eigenvalue weighted by atomic mass is 16.5. The number of rotatable bonds is 1. The van der Waals surface area contributed by atoms with Crippen molar-refractivity contribution in [3.05, 3.63) is 0 Å². The summed E-state index contributed by atoms with van der Waals surface area (Å²) in [4.78, 5) is 2.58. The first-order chi connectivity index (χ1) is 5.27. The summed E-state index contributed by atoms with van der Waals surface area (Å²) >= 11 is 0. The Morgan fingerprint density at radius 3 is 2.91 bits per heavy atom. The monoisotopic (exact) mass is 155 g/mol. The Bertz CT molecular complexity index is 146. The number of hydrogen-bond donors (Lipinski definition) is 0. The van der Waals surface area contributed by atoms with Gasteiger partial charge < -0.3 is 4.74 Å². The summed E-state index contributed by atoms with van der Waals surface area (Å²) in [7, 11) is 0. The van der Waals surface area contributed by atoms with Crippen LogP contribution in [0.3, 0.4) is 0 Å². The van der Waals surface area contributed by atoms with Crippen LogP contribution in [0.2, 0.25) is 0 Å². The first-order valence-corrected chi connectivity index (χ1v) is 4.64. The molecular formula is C9H17NO. The van der Waals surface area contributed by atoms with Crippen molar-refractivity contribution in [2.24, 2.45) is 0 Å². The molecule has 2 heteroatoms. The van der Waals surface area contributed by atoms with Crippen LogP contribution in [0.1, 0.15) is 26.7 Å². The second-order valence-corrected chi connectivity index (χ2v) is 3.96. The molecule has 0 radical (unpaired) electrons. The zero-order valence-corrected chi connectivity index (χ0v) is 7.42. The molecule has 2 heterocycles. The Kier molecular flexibility index (Phi) is 1.90. The van der Waals surface area contributed by atoms with Crippen molar-refractivity contribution in [1.29, 1.82) is 0 Å². The molecule has 0 unspecified atom stereocenters. The van der Waals surface area contributed by atoms with Gasteiger partial charge in [-0.1, -0.05) is 0 Å². The quantitative estimate of drug-likeness (QED) is 0.565. The third-order valence-corrected chi connectivity index (χ3v) is 2.89. The van der Waals surface area contributed by atoms with Gasteiger partial charge in [-0.3, -0.25) is 4.90 Å². The van der Waals surface area contributed by atoms with Crippen LogP contribution in [0.25, 0.3) is 0 Å². The minimum Gasteiger partial charge on any atom is -0.377 e. The van der Waals surface area contributed by atoms with Gasteiger partial charge in [-0.15, -0.1) is 0 Å². The fourth-order valence-electron chi connectivity index (χ4n) is 2.31. The minimum absolute atomic E-state index is 0.552. The van der Waals surface area contributed by atoms with Crippen LogP contribution in [0.15, 0.2) is 0 Å². The van der Waals surface area contributed by atoms with Gasteiger partial charge >= 0.3 is 0 Å². The summed E-state index contributed by atoms with van der Waals surface area (Å²) in [5.74, 6) is 0. The fourth-order valence-corrected chi connectivity index (χ4v) is 2.31. The van der Waals surface area contributed by atoms with E-state index >= 15 is 0 Å². The first-order valence-electron chi connectivity index (χ1n) is 4.64. The van der Waals surface area contributed by atoms with Gasteiger partial charge in [0.25, 0.3) is 0 Å². The summed E-state index contributed by atoms with van der Waals surface area (Å²) in [6.45, 7) is 6.71. The smallest absolute Gasteiger partial charge is 0.0717 e. The maximum Gasteiger partial charge on any atom is 0.0717 e. The molecule has 0 aliphatic carbocycles. The topological polar surface area (TPSA) is 12.5 Å². The predicted octanol–water partition coefficient (Wildman–Crippen LogP) is 1.26. The van der Waals surface area contributed by atoms with Crippen LogP contribution in [0, 0.1) is 0 Å². The average molecular weight is 155 g/mol. The molecule has 2 saturated heterocycles. The van der Waals surface area contributed by atoms with Gasteiger partial charge in [-0.25, -0.2) is 0 Å². The Morgan fingerprint density at radius 1 is 1.45 bits per heavy atom. The van der Waals surface area contributed by atoms with Crippen LogP contribution in [0.5, 0.6) is 0 Å². The standard InChI is InChI=1S/C9H17NO/c1-7(2)10-6-9-5-8(10)3-4-11-9/h7-9H,3-6H2,1-2H3/t8-,9+/m1/s1. The van der Waals surface area contributed by atoms with E-state index in [1.54, 1.807) is 0 Å². The van der Waals surface area contributed by atoms with E-state index in [4.69, 9.17) is 4.74 Å². The molecule has 2 fully saturated rings. The van der Waals surface area contributed by atoms with Crippen molar-refractivity contribution in [3.63, 3.8) is 0 Å². The molecule has 0 aromatic carbocycles. The first kappa shape index (κ1) is 7.56. The highest BCUT2D eigenvalue weighted by molar-refractivity contribution is 4.90. The van der Waals surface area contributed by atoms with Crippen LogP contribution in [-0.2, 0) is 4.74 Å². The van der Waals surface area contributed by atoms with Crippen LogP contribution >= 0.6 is 0 Å². The molecule has 0 aromatic heterocycles. The maximum atomic E-state index is 5.61. The molecule has 0 aromatic rings. The van der Waals surface area contributed by atoms with E-state index in [9.17, 15) is 0 Å². The van der Waals surface area contributed by atoms with E-state index in [1.165, 1.54) is 19.4 Å². The molecule has 0 N–H and O–H groups in total. The van der Waals surface area contributed by atoms with Crippen LogP contribution < -0.4 is 0 Å². The maximum absolute atomic E-state index is 5.61. The fraction of sp³-hybridized carbons (Fsp3) is 1.00. The number of fused-ring (bicyclic) bond motifs is 2. The van der Waals surface area contributed by atoms with Crippen molar-refractivity contribution in [2.45, 2.75) is 44.9 Å². The lowest BCUT2D eigenvalue weighted by molar-refractivity contribution is 0.0418. The van der Waals surface area contributed by atoms with Gasteiger partial charge in [0.2, 0.25) is 0 Å². The average Bonchev–Trinajstić information content (AvgIpc) is 2.27. The lowest BCUT2D eigenvalue weighted by Gasteiger charge is -2.27. The van der Waals surface area contributed by atoms with Gasteiger partial charge in [0.15, 0.2) is 0 Å². The van der Waals surface area contributed by atoms with Gasteiger partial charge in [0.05, 0.1) is 6.10 Å². The molecule has 0 amide bonds. The molecule has 2 aliphatic heterocycles. The summed E-state index contributed by atoms with van der Waals surface area (Å²) in [5.41, 5.74) is 0. The third kappa shape index (κ3) is 1.30. The Hall–Kier alpha value is -0.0800. The van der Waals surface area contributed by atoms with Crippen molar-refractivity contribution in [1.82, 2.24) is 4.90 Å². The van der Waals surface area contributed by atoms with Crippen molar-refractivity contribution in [2.75, 3.05) is 13.2 Å². The third-order valence-electron chi connectivity index (χ3n) is 2.89. The summed E-state index contributed by atoms with van der Waals surface area (Å²) in [5, 5.41) is 0. The Labute approximate surface area is 68.5 Å². The zero-order valence-electron chi connectivity index (χ0n) is 7.42. The van der Waals surface area contributed by atoms with E-state index in [-0.39, 0.29) is 0 Å². The normalized spacial score (nSPS) is 38.5. The largest absolute Gasteiger partial charge is 0.377 e. The minimum atomic E-state index is 0.552. The Balaban J connectivity index is 2.03. The molecule has 2 aliphatic rings. The van der Waals surface area contributed by atoms with E-state index in [1.807, 2.05) is 0 Å². The summed E-state index contributed by atoms with van der Waals surface area (Å²) < 4.78 is 5.61. The van der Waals surface area contributed by atoms with Gasteiger partial charge in [0.1, 0.15) is 0 Å². The number of hydrogen-bond acceptors (Lipinski definition) is 2. The molecule has 64 valence electrons. The van der Waals surface area contributed by atoms with Crippen LogP contribution in [-0.4, -0.2) is 36.2 Å². The van der Waals surface area contributed by atoms with Gasteiger partial charge in [0, 0.05) is 25.2 Å². The molecule has 2 rings (SSSR count). The molecule has 2 nitrogen and oxygen atoms in total. The van der Waals surface area contributed by atoms with E-state index in [0.717, 1.165) is 12.6 Å². The van der Waals surface area contributed by atoms with E-state index < -0.39 is 0 Å². The second-order valence-electron chi connectivity index (χ2n) is 3.96. The molecule has 0 spiro atoms. The lowest BCUT2D eigenvalue weighted by atomic mass is 10.1. The molecule has 11 heavy (non-hydrogen) atoms. The predicted molar refractivity (Wildman–Crippen MR) is 44.6 cm³/mol. The van der Waals surface area contributed by atoms with Gasteiger partial charge in [-0.05, 0) is 26.7 Å². The lowest BCUT2D eigenvalue weighted by Crippen LogP contribution is -2.35. The van der Waals surface area contributed by atoms with Crippen LogP contribution in [0.4, 0.5) is 0 Å². The van der Waals surface area contributed by atoms with Crippen molar-refractivity contribution in [3.8, 4) is 0 Å². The molecule has 0 saturated carbocycles. The van der Waals surface area contributed by atoms with Gasteiger partial charge in [-0.2, -0.15) is 0 Å². The number of likely N-dealkylation sites (tertiary alicyclic amines) is 1. The highest BCUT2D eigenvalue weighted by Crippen LogP contribution is 2.28. The van der Waals surface area contributed by atoms with E-state index in [2.05, 4.69) is 18.7 Å². The molecule has 2 bridgehead atoms. The Morgan fingerprint density at radius 2 is 2.27 bits per heavy atom. The number of ether oxygens (including phenoxy) is 1. The summed E-state index contributed by atoms with van der Waals surface area (Å²) in [6, 6.07) is 1.53.